The van der Waals surface area contributed by atoms with E-state index in [4.69, 9.17) is 19.9 Å². The van der Waals surface area contributed by atoms with Gasteiger partial charge in [0.1, 0.15) is 0 Å². The van der Waals surface area contributed by atoms with Crippen LogP contribution in [0.15, 0.2) is 194 Å². The zero-order chi connectivity index (χ0) is 37.3. The Labute approximate surface area is 324 Å². The van der Waals surface area contributed by atoms with Crippen molar-refractivity contribution >= 4 is 21.5 Å². The SMILES string of the molecule is c1ccc(-c2nc(-c3ccccc3)nc(-c3ccc(-c4ccc(-c5cc(-c6ccccn6)nc(-c6ccccn6)c5)c5ccccc45)c4ccccc34)n2)cc1. The van der Waals surface area contributed by atoms with Gasteiger partial charge in [-0.15, -0.1) is 0 Å². The van der Waals surface area contributed by atoms with E-state index in [1.54, 1.807) is 12.4 Å². The highest BCUT2D eigenvalue weighted by atomic mass is 15.0. The first-order chi connectivity index (χ1) is 27.8. The average molecular weight is 717 g/mol. The van der Waals surface area contributed by atoms with Crippen molar-refractivity contribution in [3.63, 3.8) is 0 Å². The van der Waals surface area contributed by atoms with E-state index in [2.05, 4.69) is 94.9 Å². The van der Waals surface area contributed by atoms with E-state index in [1.807, 2.05) is 97.1 Å². The molecule has 6 nitrogen and oxygen atoms in total. The minimum atomic E-state index is 0.630. The molecule has 6 aromatic carbocycles. The third-order valence-corrected chi connectivity index (χ3v) is 10.1. The third-order valence-electron chi connectivity index (χ3n) is 10.1. The van der Waals surface area contributed by atoms with Crippen LogP contribution >= 0.6 is 0 Å². The predicted octanol–water partition coefficient (Wildman–Crippen LogP) is 12.0. The molecule has 10 aromatic rings. The first-order valence-electron chi connectivity index (χ1n) is 18.5. The van der Waals surface area contributed by atoms with Crippen LogP contribution in [0.3, 0.4) is 0 Å². The van der Waals surface area contributed by atoms with Crippen molar-refractivity contribution in [2.75, 3.05) is 0 Å². The van der Waals surface area contributed by atoms with Crippen molar-refractivity contribution in [1.29, 1.82) is 0 Å². The van der Waals surface area contributed by atoms with E-state index in [9.17, 15) is 0 Å². The average Bonchev–Trinajstić information content (AvgIpc) is 3.29. The minimum Gasteiger partial charge on any atom is -0.255 e. The molecule has 0 radical (unpaired) electrons. The van der Waals surface area contributed by atoms with E-state index in [0.29, 0.717) is 17.5 Å². The lowest BCUT2D eigenvalue weighted by molar-refractivity contribution is 1.08. The smallest absolute Gasteiger partial charge is 0.164 e. The third kappa shape index (κ3) is 6.15. The summed E-state index contributed by atoms with van der Waals surface area (Å²) < 4.78 is 0. The molecule has 0 N–H and O–H groups in total. The van der Waals surface area contributed by atoms with E-state index in [1.165, 1.54) is 0 Å². The van der Waals surface area contributed by atoms with Gasteiger partial charge in [-0.05, 0) is 86.3 Å². The molecule has 56 heavy (non-hydrogen) atoms. The molecule has 0 bridgehead atoms. The Balaban J connectivity index is 1.14. The Hall–Kier alpha value is -7.70. The topological polar surface area (TPSA) is 77.3 Å². The van der Waals surface area contributed by atoms with Crippen molar-refractivity contribution in [3.05, 3.63) is 194 Å². The van der Waals surface area contributed by atoms with Crippen molar-refractivity contribution in [2.24, 2.45) is 0 Å². The second-order valence-corrected chi connectivity index (χ2v) is 13.5. The monoisotopic (exact) mass is 716 g/mol. The van der Waals surface area contributed by atoms with Crippen LogP contribution in [0.1, 0.15) is 0 Å². The van der Waals surface area contributed by atoms with Crippen molar-refractivity contribution in [2.45, 2.75) is 0 Å². The van der Waals surface area contributed by atoms with Gasteiger partial charge in [-0.2, -0.15) is 0 Å². The molecular formula is C50H32N6. The molecule has 0 aliphatic heterocycles. The number of hydrogen-bond donors (Lipinski definition) is 0. The van der Waals surface area contributed by atoms with Crippen LogP contribution in [0.5, 0.6) is 0 Å². The summed E-state index contributed by atoms with van der Waals surface area (Å²) in [6.45, 7) is 0. The summed E-state index contributed by atoms with van der Waals surface area (Å²) in [5.74, 6) is 1.90. The molecule has 4 aromatic heterocycles. The van der Waals surface area contributed by atoms with Gasteiger partial charge < -0.3 is 0 Å². The number of fused-ring (bicyclic) bond motifs is 2. The van der Waals surface area contributed by atoms with Crippen LogP contribution < -0.4 is 0 Å². The van der Waals surface area contributed by atoms with Gasteiger partial charge in [-0.3, -0.25) is 9.97 Å². The Kier molecular flexibility index (Phi) is 8.39. The summed E-state index contributed by atoms with van der Waals surface area (Å²) in [4.78, 5) is 29.4. The zero-order valence-corrected chi connectivity index (χ0v) is 30.2. The quantitative estimate of drug-likeness (QED) is 0.163. The second-order valence-electron chi connectivity index (χ2n) is 13.5. The maximum atomic E-state index is 5.07. The van der Waals surface area contributed by atoms with Gasteiger partial charge in [0.15, 0.2) is 17.5 Å². The lowest BCUT2D eigenvalue weighted by atomic mass is 9.88. The van der Waals surface area contributed by atoms with E-state index >= 15 is 0 Å². The van der Waals surface area contributed by atoms with Crippen LogP contribution in [0.2, 0.25) is 0 Å². The van der Waals surface area contributed by atoms with Crippen molar-refractivity contribution < 1.29 is 0 Å². The van der Waals surface area contributed by atoms with Gasteiger partial charge in [0.05, 0.1) is 22.8 Å². The summed E-state index contributed by atoms with van der Waals surface area (Å²) in [5.41, 5.74) is 10.5. The Morgan fingerprint density at radius 3 is 1.12 bits per heavy atom. The van der Waals surface area contributed by atoms with Crippen molar-refractivity contribution in [3.8, 4) is 79.2 Å². The lowest BCUT2D eigenvalue weighted by Crippen LogP contribution is -2.00. The molecule has 0 saturated heterocycles. The van der Waals surface area contributed by atoms with Gasteiger partial charge in [-0.25, -0.2) is 19.9 Å². The summed E-state index contributed by atoms with van der Waals surface area (Å²) in [7, 11) is 0. The normalized spacial score (nSPS) is 11.2. The zero-order valence-electron chi connectivity index (χ0n) is 30.2. The highest BCUT2D eigenvalue weighted by Crippen LogP contribution is 2.41. The van der Waals surface area contributed by atoms with Crippen LogP contribution in [0.4, 0.5) is 0 Å². The van der Waals surface area contributed by atoms with Crippen LogP contribution in [-0.2, 0) is 0 Å². The fraction of sp³-hybridized carbons (Fsp3) is 0. The number of rotatable bonds is 7. The predicted molar refractivity (Wildman–Crippen MR) is 226 cm³/mol. The number of nitrogens with zero attached hydrogens (tertiary/aromatic N) is 6. The maximum absolute atomic E-state index is 5.07. The van der Waals surface area contributed by atoms with E-state index in [-0.39, 0.29) is 0 Å². The first-order valence-corrected chi connectivity index (χ1v) is 18.5. The molecule has 0 amide bonds. The summed E-state index contributed by atoms with van der Waals surface area (Å²) in [6.07, 6.45) is 3.60. The number of pyridine rings is 3. The Bertz CT molecular complexity index is 2680. The molecule has 0 unspecified atom stereocenters. The standard InChI is InChI=1S/C50H32N6/c1-3-15-33(16-4-1)48-54-49(34-17-5-2-6-18-34)56-50(55-48)43-28-27-42(39-21-9-10-22-40(39)43)41-26-25-36(37-19-7-8-20-38(37)41)35-31-46(44-23-11-13-29-51-44)53-47(32-35)45-24-12-14-30-52-45/h1-32H. The molecule has 0 fully saturated rings. The van der Waals surface area contributed by atoms with Crippen LogP contribution in [0.25, 0.3) is 101 Å². The molecule has 10 rings (SSSR count). The van der Waals surface area contributed by atoms with Crippen LogP contribution in [0, 0.1) is 0 Å². The summed E-state index contributed by atoms with van der Waals surface area (Å²) >= 11 is 0. The lowest BCUT2D eigenvalue weighted by Gasteiger charge is -2.16. The first kappa shape index (κ1) is 32.9. The number of aromatic nitrogens is 6. The van der Waals surface area contributed by atoms with Crippen molar-refractivity contribution in [1.82, 2.24) is 29.9 Å². The number of hydrogen-bond acceptors (Lipinski definition) is 6. The van der Waals surface area contributed by atoms with Gasteiger partial charge in [-0.1, -0.05) is 140 Å². The van der Waals surface area contributed by atoms with Gasteiger partial charge in [0.2, 0.25) is 0 Å². The maximum Gasteiger partial charge on any atom is 0.164 e. The highest BCUT2D eigenvalue weighted by molar-refractivity contribution is 6.12. The minimum absolute atomic E-state index is 0.630. The highest BCUT2D eigenvalue weighted by Gasteiger charge is 2.18. The fourth-order valence-electron chi connectivity index (χ4n) is 7.42. The molecule has 262 valence electrons. The molecule has 0 spiro atoms. The summed E-state index contributed by atoms with van der Waals surface area (Å²) in [5, 5.41) is 4.47. The molecule has 0 saturated carbocycles. The van der Waals surface area contributed by atoms with Crippen LogP contribution in [-0.4, -0.2) is 29.9 Å². The van der Waals surface area contributed by atoms with Gasteiger partial charge in [0, 0.05) is 29.1 Å². The Morgan fingerprint density at radius 2 is 0.643 bits per heavy atom. The molecule has 0 atom stereocenters. The molecular weight excluding hydrogens is 685 g/mol. The second kappa shape index (κ2) is 14.3. The largest absolute Gasteiger partial charge is 0.255 e. The molecule has 6 heteroatoms. The van der Waals surface area contributed by atoms with E-state index < -0.39 is 0 Å². The van der Waals surface area contributed by atoms with Gasteiger partial charge in [0.25, 0.3) is 0 Å². The molecule has 4 heterocycles. The van der Waals surface area contributed by atoms with Gasteiger partial charge >= 0.3 is 0 Å². The fourth-order valence-corrected chi connectivity index (χ4v) is 7.42. The number of benzene rings is 6. The van der Waals surface area contributed by atoms with E-state index in [0.717, 1.165) is 83.3 Å². The summed E-state index contributed by atoms with van der Waals surface area (Å²) in [6, 6.07) is 62.2. The molecule has 0 aliphatic carbocycles. The Morgan fingerprint density at radius 1 is 0.250 bits per heavy atom. The molecule has 0 aliphatic rings.